The fourth-order valence-electron chi connectivity index (χ4n) is 3.93. The number of aliphatic imine (C=N–C) groups is 1. The Hall–Kier alpha value is -1.99. The zero-order valence-corrected chi connectivity index (χ0v) is 18.8. The van der Waals surface area contributed by atoms with Crippen LogP contribution in [0.2, 0.25) is 0 Å². The summed E-state index contributed by atoms with van der Waals surface area (Å²) in [5, 5.41) is 15.7. The van der Waals surface area contributed by atoms with Crippen molar-refractivity contribution in [2.24, 2.45) is 10.9 Å². The molecule has 0 saturated heterocycles. The summed E-state index contributed by atoms with van der Waals surface area (Å²) in [5.74, 6) is 2.77. The zero-order chi connectivity index (χ0) is 21.6. The molecule has 0 aliphatic heterocycles. The maximum absolute atomic E-state index is 8.93. The Morgan fingerprint density at radius 3 is 2.67 bits per heavy atom. The SMILES string of the molecule is CCNC(=NCc1ccc(OCCO)c(OC)c1)NCCC(OCC)C1CCCC1. The Labute approximate surface area is 181 Å². The van der Waals surface area contributed by atoms with E-state index >= 15 is 0 Å². The summed E-state index contributed by atoms with van der Waals surface area (Å²) in [6.07, 6.45) is 6.58. The number of guanidine groups is 1. The van der Waals surface area contributed by atoms with Gasteiger partial charge in [0.1, 0.15) is 6.61 Å². The standard InChI is InChI=1S/C23H39N3O4/c1-4-24-23(25-13-12-20(29-5-2)19-8-6-7-9-19)26-17-18-10-11-21(30-15-14-27)22(16-18)28-3/h10-11,16,19-20,27H,4-9,12-15,17H2,1-3H3,(H2,24,25,26). The Bertz CT molecular complexity index is 633. The molecule has 0 heterocycles. The minimum atomic E-state index is -0.0299. The predicted molar refractivity (Wildman–Crippen MR) is 120 cm³/mol. The van der Waals surface area contributed by atoms with Crippen molar-refractivity contribution in [2.45, 2.75) is 58.6 Å². The molecular formula is C23H39N3O4. The van der Waals surface area contributed by atoms with Gasteiger partial charge in [-0.25, -0.2) is 4.99 Å². The minimum absolute atomic E-state index is 0.0299. The van der Waals surface area contributed by atoms with Gasteiger partial charge in [0.15, 0.2) is 17.5 Å². The van der Waals surface area contributed by atoms with Crippen LogP contribution in [0.4, 0.5) is 0 Å². The lowest BCUT2D eigenvalue weighted by atomic mass is 9.98. The molecule has 1 fully saturated rings. The van der Waals surface area contributed by atoms with E-state index in [1.54, 1.807) is 7.11 Å². The van der Waals surface area contributed by atoms with Gasteiger partial charge in [0.25, 0.3) is 0 Å². The van der Waals surface area contributed by atoms with Gasteiger partial charge in [0.2, 0.25) is 0 Å². The van der Waals surface area contributed by atoms with E-state index in [2.05, 4.69) is 24.5 Å². The molecular weight excluding hydrogens is 382 g/mol. The summed E-state index contributed by atoms with van der Waals surface area (Å²) in [7, 11) is 1.61. The lowest BCUT2D eigenvalue weighted by Crippen LogP contribution is -2.39. The summed E-state index contributed by atoms with van der Waals surface area (Å²) in [5.41, 5.74) is 1.03. The number of nitrogens with zero attached hydrogens (tertiary/aromatic N) is 1. The number of methoxy groups -OCH3 is 1. The Morgan fingerprint density at radius 2 is 2.00 bits per heavy atom. The van der Waals surface area contributed by atoms with Gasteiger partial charge in [-0.15, -0.1) is 0 Å². The fraction of sp³-hybridized carbons (Fsp3) is 0.696. The third kappa shape index (κ3) is 8.03. The van der Waals surface area contributed by atoms with Crippen molar-refractivity contribution in [2.75, 3.05) is 40.0 Å². The first kappa shape index (κ1) is 24.3. The van der Waals surface area contributed by atoms with E-state index in [0.29, 0.717) is 30.1 Å². The number of ether oxygens (including phenoxy) is 3. The van der Waals surface area contributed by atoms with E-state index < -0.39 is 0 Å². The Kier molecular flexibility index (Phi) is 11.4. The van der Waals surface area contributed by atoms with Gasteiger partial charge in [-0.05, 0) is 56.7 Å². The number of rotatable bonds is 13. The summed E-state index contributed by atoms with van der Waals surface area (Å²) in [6.45, 7) is 7.30. The van der Waals surface area contributed by atoms with Crippen molar-refractivity contribution in [3.63, 3.8) is 0 Å². The van der Waals surface area contributed by atoms with Crippen LogP contribution in [0, 0.1) is 5.92 Å². The maximum atomic E-state index is 8.93. The van der Waals surface area contributed by atoms with Gasteiger partial charge in [-0.1, -0.05) is 18.9 Å². The van der Waals surface area contributed by atoms with Crippen LogP contribution in [0.3, 0.4) is 0 Å². The third-order valence-electron chi connectivity index (χ3n) is 5.37. The zero-order valence-electron chi connectivity index (χ0n) is 18.8. The molecule has 1 aromatic rings. The fourth-order valence-corrected chi connectivity index (χ4v) is 3.93. The molecule has 2 rings (SSSR count). The summed E-state index contributed by atoms with van der Waals surface area (Å²) >= 11 is 0. The number of aliphatic hydroxyl groups is 1. The predicted octanol–water partition coefficient (Wildman–Crippen LogP) is 3.11. The van der Waals surface area contributed by atoms with Crippen molar-refractivity contribution in [1.82, 2.24) is 10.6 Å². The van der Waals surface area contributed by atoms with Crippen molar-refractivity contribution in [3.8, 4) is 11.5 Å². The van der Waals surface area contributed by atoms with Crippen LogP contribution < -0.4 is 20.1 Å². The van der Waals surface area contributed by atoms with Gasteiger partial charge < -0.3 is 30.0 Å². The van der Waals surface area contributed by atoms with Gasteiger partial charge in [-0.3, -0.25) is 0 Å². The molecule has 1 unspecified atom stereocenters. The molecule has 0 spiro atoms. The molecule has 1 atom stereocenters. The molecule has 0 bridgehead atoms. The molecule has 1 aromatic carbocycles. The second kappa shape index (κ2) is 14.1. The van der Waals surface area contributed by atoms with Crippen LogP contribution in [-0.2, 0) is 11.3 Å². The first-order valence-electron chi connectivity index (χ1n) is 11.3. The van der Waals surface area contributed by atoms with Gasteiger partial charge >= 0.3 is 0 Å². The molecule has 170 valence electrons. The Balaban J connectivity index is 1.91. The van der Waals surface area contributed by atoms with Crippen molar-refractivity contribution in [1.29, 1.82) is 0 Å². The van der Waals surface area contributed by atoms with Crippen molar-refractivity contribution >= 4 is 5.96 Å². The highest BCUT2D eigenvalue weighted by atomic mass is 16.5. The minimum Gasteiger partial charge on any atom is -0.493 e. The first-order valence-corrected chi connectivity index (χ1v) is 11.3. The third-order valence-corrected chi connectivity index (χ3v) is 5.37. The number of hydrogen-bond acceptors (Lipinski definition) is 5. The number of aliphatic hydroxyl groups excluding tert-OH is 1. The monoisotopic (exact) mass is 421 g/mol. The van der Waals surface area contributed by atoms with Gasteiger partial charge in [-0.2, -0.15) is 0 Å². The average molecular weight is 422 g/mol. The highest BCUT2D eigenvalue weighted by Gasteiger charge is 2.25. The normalized spacial score (nSPS) is 15.8. The quantitative estimate of drug-likeness (QED) is 0.335. The molecule has 0 aromatic heterocycles. The van der Waals surface area contributed by atoms with Gasteiger partial charge in [0.05, 0.1) is 26.4 Å². The lowest BCUT2D eigenvalue weighted by Gasteiger charge is -2.24. The second-order valence-corrected chi connectivity index (χ2v) is 7.51. The maximum Gasteiger partial charge on any atom is 0.191 e. The number of benzene rings is 1. The highest BCUT2D eigenvalue weighted by Crippen LogP contribution is 2.30. The molecule has 1 saturated carbocycles. The number of hydrogen-bond donors (Lipinski definition) is 3. The molecule has 30 heavy (non-hydrogen) atoms. The largest absolute Gasteiger partial charge is 0.493 e. The molecule has 0 amide bonds. The van der Waals surface area contributed by atoms with Gasteiger partial charge in [0, 0.05) is 19.7 Å². The highest BCUT2D eigenvalue weighted by molar-refractivity contribution is 5.79. The van der Waals surface area contributed by atoms with Crippen LogP contribution >= 0.6 is 0 Å². The topological polar surface area (TPSA) is 84.3 Å². The first-order chi connectivity index (χ1) is 14.7. The smallest absolute Gasteiger partial charge is 0.191 e. The molecule has 0 radical (unpaired) electrons. The van der Waals surface area contributed by atoms with E-state index in [4.69, 9.17) is 24.3 Å². The lowest BCUT2D eigenvalue weighted by molar-refractivity contribution is 0.0169. The van der Waals surface area contributed by atoms with Crippen LogP contribution in [-0.4, -0.2) is 57.2 Å². The van der Waals surface area contributed by atoms with Crippen LogP contribution in [0.25, 0.3) is 0 Å². The summed E-state index contributed by atoms with van der Waals surface area (Å²) < 4.78 is 16.9. The van der Waals surface area contributed by atoms with E-state index in [-0.39, 0.29) is 13.2 Å². The van der Waals surface area contributed by atoms with Crippen LogP contribution in [0.1, 0.15) is 51.5 Å². The number of nitrogens with one attached hydrogen (secondary N) is 2. The van der Waals surface area contributed by atoms with Crippen LogP contribution in [0.5, 0.6) is 11.5 Å². The van der Waals surface area contributed by atoms with E-state index in [1.165, 1.54) is 25.7 Å². The molecule has 3 N–H and O–H groups in total. The van der Waals surface area contributed by atoms with E-state index in [9.17, 15) is 0 Å². The van der Waals surface area contributed by atoms with Crippen LogP contribution in [0.15, 0.2) is 23.2 Å². The van der Waals surface area contributed by atoms with Crippen molar-refractivity contribution < 1.29 is 19.3 Å². The second-order valence-electron chi connectivity index (χ2n) is 7.51. The average Bonchev–Trinajstić information content (AvgIpc) is 3.30. The summed E-state index contributed by atoms with van der Waals surface area (Å²) in [6, 6.07) is 5.74. The molecule has 1 aliphatic carbocycles. The van der Waals surface area contributed by atoms with E-state index in [1.807, 2.05) is 18.2 Å². The molecule has 7 nitrogen and oxygen atoms in total. The van der Waals surface area contributed by atoms with E-state index in [0.717, 1.165) is 37.6 Å². The summed E-state index contributed by atoms with van der Waals surface area (Å²) in [4.78, 5) is 4.71. The molecule has 7 heteroatoms. The molecule has 1 aliphatic rings. The Morgan fingerprint density at radius 1 is 1.20 bits per heavy atom. The van der Waals surface area contributed by atoms with Crippen molar-refractivity contribution in [3.05, 3.63) is 23.8 Å².